The molecular formula is C33H37ClFNO9. The van der Waals surface area contributed by atoms with Crippen molar-refractivity contribution in [1.82, 2.24) is 0 Å². The topological polar surface area (TPSA) is 110 Å². The summed E-state index contributed by atoms with van der Waals surface area (Å²) in [5.41, 5.74) is 2.48. The van der Waals surface area contributed by atoms with Crippen molar-refractivity contribution < 1.29 is 47.2 Å². The molecule has 1 amide bonds. The molecule has 10 nitrogen and oxygen atoms in total. The fraction of sp³-hybridized carbons (Fsp3) is 0.364. The van der Waals surface area contributed by atoms with Crippen LogP contribution in [0.3, 0.4) is 0 Å². The number of rotatable bonds is 17. The fourth-order valence-electron chi connectivity index (χ4n) is 4.19. The molecule has 12 heteroatoms. The largest absolute Gasteiger partial charge is 0.424 e. The summed E-state index contributed by atoms with van der Waals surface area (Å²) >= 11 is 6.55. The van der Waals surface area contributed by atoms with Gasteiger partial charge in [0.1, 0.15) is 12.4 Å². The van der Waals surface area contributed by atoms with Crippen LogP contribution in [0, 0.1) is 19.7 Å². The van der Waals surface area contributed by atoms with Gasteiger partial charge < -0.3 is 28.4 Å². The van der Waals surface area contributed by atoms with E-state index in [0.717, 1.165) is 10.5 Å². The average Bonchev–Trinajstić information content (AvgIpc) is 2.99. The average molecular weight is 646 g/mol. The van der Waals surface area contributed by atoms with Gasteiger partial charge in [0.05, 0.1) is 56.0 Å². The smallest absolute Gasteiger partial charge is 0.422 e. The van der Waals surface area contributed by atoms with Crippen LogP contribution in [0.4, 0.5) is 20.6 Å². The van der Waals surface area contributed by atoms with Crippen LogP contribution >= 0.6 is 11.6 Å². The fourth-order valence-corrected chi connectivity index (χ4v) is 4.45. The molecule has 0 radical (unpaired) electrons. The van der Waals surface area contributed by atoms with E-state index in [9.17, 15) is 18.8 Å². The minimum Gasteiger partial charge on any atom is -0.424 e. The van der Waals surface area contributed by atoms with Gasteiger partial charge in [-0.3, -0.25) is 4.79 Å². The van der Waals surface area contributed by atoms with Crippen molar-refractivity contribution in [3.63, 3.8) is 0 Å². The highest BCUT2D eigenvalue weighted by Crippen LogP contribution is 2.34. The Balaban J connectivity index is 1.64. The van der Waals surface area contributed by atoms with Crippen molar-refractivity contribution in [3.8, 4) is 0 Å². The zero-order chi connectivity index (χ0) is 32.8. The maximum Gasteiger partial charge on any atom is 0.422 e. The standard InChI is InChI=1S/C33H37ClFNO9/c1-22-7-5-6-8-27(22)32(38)28-11-10-26(20-29(28)34)36(30-12-9-25(35)19-23(30)2)33(39)45-24(3)44-31(37)21-43-18-17-42-16-15-41-14-13-40-4/h5-12,19-20,24H,13-18,21H2,1-4H3. The van der Waals surface area contributed by atoms with Crippen LogP contribution < -0.4 is 4.90 Å². The van der Waals surface area contributed by atoms with Crippen LogP contribution in [0.2, 0.25) is 5.02 Å². The molecule has 3 aromatic rings. The molecule has 0 aliphatic carbocycles. The summed E-state index contributed by atoms with van der Waals surface area (Å²) in [7, 11) is 1.59. The van der Waals surface area contributed by atoms with Crippen molar-refractivity contribution in [2.24, 2.45) is 0 Å². The van der Waals surface area contributed by atoms with Crippen LogP contribution in [-0.2, 0) is 33.2 Å². The number of hydrogen-bond donors (Lipinski definition) is 0. The molecule has 1 atom stereocenters. The van der Waals surface area contributed by atoms with Crippen molar-refractivity contribution >= 4 is 40.8 Å². The van der Waals surface area contributed by atoms with Crippen LogP contribution in [0.1, 0.15) is 34.0 Å². The second kappa shape index (κ2) is 18.2. The van der Waals surface area contributed by atoms with E-state index in [1.54, 1.807) is 26.2 Å². The second-order valence-corrected chi connectivity index (χ2v) is 10.2. The number of anilines is 2. The quantitative estimate of drug-likeness (QED) is 0.0735. The number of methoxy groups -OCH3 is 1. The van der Waals surface area contributed by atoms with Crippen molar-refractivity contribution in [1.29, 1.82) is 0 Å². The molecule has 1 unspecified atom stereocenters. The Morgan fingerprint density at radius 3 is 2.11 bits per heavy atom. The number of benzene rings is 3. The molecule has 0 N–H and O–H groups in total. The van der Waals surface area contributed by atoms with E-state index < -0.39 is 24.2 Å². The van der Waals surface area contributed by atoms with Gasteiger partial charge in [-0.15, -0.1) is 0 Å². The molecule has 0 heterocycles. The summed E-state index contributed by atoms with van der Waals surface area (Å²) in [4.78, 5) is 40.0. The van der Waals surface area contributed by atoms with Gasteiger partial charge in [0.25, 0.3) is 0 Å². The van der Waals surface area contributed by atoms with Crippen LogP contribution in [0.5, 0.6) is 0 Å². The first-order valence-corrected chi connectivity index (χ1v) is 14.6. The van der Waals surface area contributed by atoms with E-state index >= 15 is 0 Å². The Bertz CT molecular complexity index is 1450. The third-order valence-electron chi connectivity index (χ3n) is 6.39. The van der Waals surface area contributed by atoms with E-state index in [1.807, 2.05) is 19.1 Å². The van der Waals surface area contributed by atoms with Gasteiger partial charge in [-0.25, -0.2) is 18.9 Å². The van der Waals surface area contributed by atoms with Gasteiger partial charge in [0.15, 0.2) is 5.78 Å². The maximum atomic E-state index is 13.9. The molecule has 0 spiro atoms. The minimum absolute atomic E-state index is 0.0949. The van der Waals surface area contributed by atoms with Crippen molar-refractivity contribution in [2.45, 2.75) is 27.1 Å². The summed E-state index contributed by atoms with van der Waals surface area (Å²) in [6, 6.07) is 15.4. The summed E-state index contributed by atoms with van der Waals surface area (Å²) in [5, 5.41) is 0.0949. The molecule has 0 saturated carbocycles. The minimum atomic E-state index is -1.30. The number of nitrogens with zero attached hydrogens (tertiary/aromatic N) is 1. The highest BCUT2D eigenvalue weighted by Gasteiger charge is 2.26. The Hall–Kier alpha value is -3.87. The molecule has 242 valence electrons. The Morgan fingerprint density at radius 2 is 1.47 bits per heavy atom. The Morgan fingerprint density at radius 1 is 0.800 bits per heavy atom. The molecule has 45 heavy (non-hydrogen) atoms. The van der Waals surface area contributed by atoms with Gasteiger partial charge in [0, 0.05) is 25.2 Å². The number of ether oxygens (including phenoxy) is 6. The molecule has 0 aromatic heterocycles. The molecule has 3 rings (SSSR count). The number of halogens is 2. The predicted molar refractivity (Wildman–Crippen MR) is 166 cm³/mol. The Labute approximate surface area is 266 Å². The van der Waals surface area contributed by atoms with E-state index in [2.05, 4.69) is 0 Å². The van der Waals surface area contributed by atoms with E-state index in [-0.39, 0.29) is 41.9 Å². The number of aryl methyl sites for hydroxylation is 2. The number of ketones is 1. The van der Waals surface area contributed by atoms with Crippen LogP contribution in [-0.4, -0.2) is 77.5 Å². The zero-order valence-electron chi connectivity index (χ0n) is 25.7. The molecule has 0 saturated heterocycles. The van der Waals surface area contributed by atoms with Crippen molar-refractivity contribution in [3.05, 3.63) is 93.8 Å². The lowest BCUT2D eigenvalue weighted by molar-refractivity contribution is -0.170. The first-order valence-electron chi connectivity index (χ1n) is 14.2. The Kier molecular flexibility index (Phi) is 14.4. The van der Waals surface area contributed by atoms with Gasteiger partial charge in [0.2, 0.25) is 6.29 Å². The lowest BCUT2D eigenvalue weighted by atomic mass is 9.99. The number of carbonyl (C=O) groups is 3. The number of hydrogen-bond acceptors (Lipinski definition) is 9. The van der Waals surface area contributed by atoms with E-state index in [0.29, 0.717) is 43.2 Å². The summed E-state index contributed by atoms with van der Waals surface area (Å²) in [6.07, 6.45) is -2.23. The third-order valence-corrected chi connectivity index (χ3v) is 6.70. The maximum absolute atomic E-state index is 13.9. The highest BCUT2D eigenvalue weighted by molar-refractivity contribution is 6.35. The molecular weight excluding hydrogens is 609 g/mol. The number of amides is 1. The van der Waals surface area contributed by atoms with Gasteiger partial charge in [-0.05, 0) is 61.4 Å². The van der Waals surface area contributed by atoms with E-state index in [1.165, 1.54) is 43.3 Å². The van der Waals surface area contributed by atoms with Gasteiger partial charge in [-0.1, -0.05) is 35.9 Å². The first-order chi connectivity index (χ1) is 21.6. The van der Waals surface area contributed by atoms with Crippen LogP contribution in [0.25, 0.3) is 0 Å². The SMILES string of the molecule is COCCOCCOCCOCC(=O)OC(C)OC(=O)N(c1ccc(C(=O)c2ccccc2C)c(Cl)c1)c1ccc(F)cc1C. The zero-order valence-corrected chi connectivity index (χ0v) is 26.4. The normalized spacial score (nSPS) is 11.6. The third kappa shape index (κ3) is 10.9. The van der Waals surface area contributed by atoms with Gasteiger partial charge >= 0.3 is 12.1 Å². The monoisotopic (exact) mass is 645 g/mol. The molecule has 0 aliphatic rings. The molecule has 0 aliphatic heterocycles. The summed E-state index contributed by atoms with van der Waals surface area (Å²) in [6.45, 7) is 6.56. The lowest BCUT2D eigenvalue weighted by Gasteiger charge is -2.26. The second-order valence-electron chi connectivity index (χ2n) is 9.79. The number of carbonyl (C=O) groups excluding carboxylic acids is 3. The first kappa shape index (κ1) is 35.6. The van der Waals surface area contributed by atoms with E-state index in [4.69, 9.17) is 40.0 Å². The van der Waals surface area contributed by atoms with Gasteiger partial charge in [-0.2, -0.15) is 0 Å². The lowest BCUT2D eigenvalue weighted by Crippen LogP contribution is -2.33. The summed E-state index contributed by atoms with van der Waals surface area (Å²) < 4.78 is 45.3. The number of esters is 1. The highest BCUT2D eigenvalue weighted by atomic mass is 35.5. The molecule has 0 fully saturated rings. The van der Waals surface area contributed by atoms with Crippen LogP contribution in [0.15, 0.2) is 60.7 Å². The van der Waals surface area contributed by atoms with Crippen molar-refractivity contribution in [2.75, 3.05) is 58.3 Å². The predicted octanol–water partition coefficient (Wildman–Crippen LogP) is 6.19. The molecule has 0 bridgehead atoms. The molecule has 3 aromatic carbocycles. The summed E-state index contributed by atoms with van der Waals surface area (Å²) in [5.74, 6) is -1.53.